The third kappa shape index (κ3) is 4.41. The fraction of sp³-hybridized carbons (Fsp3) is 0.389. The first kappa shape index (κ1) is 18.0. The lowest BCUT2D eigenvalue weighted by molar-refractivity contribution is -0.121. The number of rotatable bonds is 5. The Balaban J connectivity index is 1.66. The molecule has 0 atom stereocenters. The van der Waals surface area contributed by atoms with Crippen molar-refractivity contribution in [3.05, 3.63) is 50.5 Å². The standard InChI is InChI=1S/C18H19Cl2N3O2/c19-13-8-14-17(15(20)9-13)22-11-23(18(14)25)10-16(24)21-7-6-12-4-2-1-3-5-12/h4,8-9,11H,1-3,5-7,10H2,(H,21,24). The SMILES string of the molecule is O=C(Cn1cnc2c(Cl)cc(Cl)cc2c1=O)NCCC1=CCCCC1. The molecule has 0 radical (unpaired) electrons. The quantitative estimate of drug-likeness (QED) is 0.805. The second-order valence-electron chi connectivity index (χ2n) is 6.17. The van der Waals surface area contributed by atoms with E-state index in [1.807, 2.05) is 0 Å². The number of amides is 1. The maximum absolute atomic E-state index is 12.5. The molecule has 0 saturated carbocycles. The van der Waals surface area contributed by atoms with Crippen LogP contribution in [0, 0.1) is 0 Å². The fourth-order valence-corrected chi connectivity index (χ4v) is 3.55. The molecule has 7 heteroatoms. The van der Waals surface area contributed by atoms with Crippen LogP contribution in [-0.4, -0.2) is 22.0 Å². The van der Waals surface area contributed by atoms with Gasteiger partial charge in [0.15, 0.2) is 0 Å². The molecule has 132 valence electrons. The van der Waals surface area contributed by atoms with Crippen LogP contribution in [0.2, 0.25) is 10.0 Å². The Hall–Kier alpha value is -1.85. The van der Waals surface area contributed by atoms with Crippen molar-refractivity contribution in [2.75, 3.05) is 6.54 Å². The molecular weight excluding hydrogens is 361 g/mol. The predicted octanol–water partition coefficient (Wildman–Crippen LogP) is 3.71. The number of carbonyl (C=O) groups is 1. The lowest BCUT2D eigenvalue weighted by Gasteiger charge is -2.13. The molecule has 0 spiro atoms. The van der Waals surface area contributed by atoms with Gasteiger partial charge in [0.25, 0.3) is 5.56 Å². The molecular formula is C18H19Cl2N3O2. The Morgan fingerprint density at radius 1 is 1.28 bits per heavy atom. The molecule has 0 aliphatic heterocycles. The van der Waals surface area contributed by atoms with E-state index in [2.05, 4.69) is 16.4 Å². The van der Waals surface area contributed by atoms with Gasteiger partial charge in [-0.25, -0.2) is 4.98 Å². The van der Waals surface area contributed by atoms with E-state index in [1.54, 1.807) is 0 Å². The summed E-state index contributed by atoms with van der Waals surface area (Å²) in [7, 11) is 0. The number of aromatic nitrogens is 2. The molecule has 0 unspecified atom stereocenters. The van der Waals surface area contributed by atoms with Crippen molar-refractivity contribution in [3.63, 3.8) is 0 Å². The largest absolute Gasteiger partial charge is 0.354 e. The lowest BCUT2D eigenvalue weighted by atomic mass is 9.97. The zero-order chi connectivity index (χ0) is 17.8. The van der Waals surface area contributed by atoms with Crippen LogP contribution in [0.15, 0.2) is 34.9 Å². The monoisotopic (exact) mass is 379 g/mol. The van der Waals surface area contributed by atoms with Gasteiger partial charge in [0.2, 0.25) is 5.91 Å². The van der Waals surface area contributed by atoms with Gasteiger partial charge in [0, 0.05) is 11.6 Å². The normalized spacial score (nSPS) is 14.4. The number of nitrogens with zero attached hydrogens (tertiary/aromatic N) is 2. The van der Waals surface area contributed by atoms with Gasteiger partial charge in [-0.15, -0.1) is 0 Å². The maximum atomic E-state index is 12.5. The van der Waals surface area contributed by atoms with E-state index in [0.717, 1.165) is 19.3 Å². The van der Waals surface area contributed by atoms with Gasteiger partial charge < -0.3 is 5.32 Å². The molecule has 3 rings (SSSR count). The average Bonchev–Trinajstić information content (AvgIpc) is 2.59. The van der Waals surface area contributed by atoms with Crippen molar-refractivity contribution in [1.29, 1.82) is 0 Å². The van der Waals surface area contributed by atoms with E-state index in [4.69, 9.17) is 23.2 Å². The summed E-state index contributed by atoms with van der Waals surface area (Å²) in [5.41, 5.74) is 1.46. The lowest BCUT2D eigenvalue weighted by Crippen LogP contribution is -2.33. The van der Waals surface area contributed by atoms with Gasteiger partial charge in [0.05, 0.1) is 22.3 Å². The molecule has 1 aliphatic rings. The average molecular weight is 380 g/mol. The van der Waals surface area contributed by atoms with E-state index < -0.39 is 0 Å². The number of allylic oxidation sites excluding steroid dienone is 1. The summed E-state index contributed by atoms with van der Waals surface area (Å²) in [6, 6.07) is 3.05. The summed E-state index contributed by atoms with van der Waals surface area (Å²) in [5.74, 6) is -0.215. The molecule has 1 N–H and O–H groups in total. The van der Waals surface area contributed by atoms with E-state index in [-0.39, 0.29) is 18.0 Å². The smallest absolute Gasteiger partial charge is 0.261 e. The summed E-state index contributed by atoms with van der Waals surface area (Å²) in [5, 5.41) is 3.84. The van der Waals surface area contributed by atoms with Gasteiger partial charge >= 0.3 is 0 Å². The fourth-order valence-electron chi connectivity index (χ4n) is 3.01. The van der Waals surface area contributed by atoms with Crippen molar-refractivity contribution < 1.29 is 4.79 Å². The molecule has 1 aromatic heterocycles. The third-order valence-electron chi connectivity index (χ3n) is 4.31. The highest BCUT2D eigenvalue weighted by atomic mass is 35.5. The highest BCUT2D eigenvalue weighted by Crippen LogP contribution is 2.24. The van der Waals surface area contributed by atoms with Crippen LogP contribution in [0.25, 0.3) is 10.9 Å². The minimum Gasteiger partial charge on any atom is -0.354 e. The molecule has 25 heavy (non-hydrogen) atoms. The minimum absolute atomic E-state index is 0.0784. The first-order valence-corrected chi connectivity index (χ1v) is 9.09. The first-order valence-electron chi connectivity index (χ1n) is 8.33. The molecule has 2 aromatic rings. The highest BCUT2D eigenvalue weighted by molar-refractivity contribution is 6.38. The first-order chi connectivity index (χ1) is 12.0. The second kappa shape index (κ2) is 8.02. The molecule has 1 aliphatic carbocycles. The summed E-state index contributed by atoms with van der Waals surface area (Å²) in [6.45, 7) is 0.503. The number of carbonyl (C=O) groups excluding carboxylic acids is 1. The summed E-state index contributed by atoms with van der Waals surface area (Å²) < 4.78 is 1.27. The minimum atomic E-state index is -0.334. The van der Waals surface area contributed by atoms with Crippen molar-refractivity contribution in [1.82, 2.24) is 14.9 Å². The van der Waals surface area contributed by atoms with E-state index in [1.165, 1.54) is 41.4 Å². The Morgan fingerprint density at radius 3 is 2.88 bits per heavy atom. The van der Waals surface area contributed by atoms with Gasteiger partial charge in [0.1, 0.15) is 6.54 Å². The topological polar surface area (TPSA) is 64.0 Å². The van der Waals surface area contributed by atoms with Crippen molar-refractivity contribution >= 4 is 40.0 Å². The van der Waals surface area contributed by atoms with Gasteiger partial charge in [-0.05, 0) is 44.2 Å². The van der Waals surface area contributed by atoms with E-state index in [0.29, 0.717) is 27.5 Å². The van der Waals surface area contributed by atoms with Crippen LogP contribution in [0.1, 0.15) is 32.1 Å². The van der Waals surface area contributed by atoms with E-state index in [9.17, 15) is 9.59 Å². The summed E-state index contributed by atoms with van der Waals surface area (Å²) >= 11 is 12.0. The van der Waals surface area contributed by atoms with Crippen LogP contribution < -0.4 is 10.9 Å². The highest BCUT2D eigenvalue weighted by Gasteiger charge is 2.11. The van der Waals surface area contributed by atoms with Crippen LogP contribution >= 0.6 is 23.2 Å². The van der Waals surface area contributed by atoms with Crippen LogP contribution in [0.3, 0.4) is 0 Å². The maximum Gasteiger partial charge on any atom is 0.261 e. The zero-order valence-corrected chi connectivity index (χ0v) is 15.2. The summed E-state index contributed by atoms with van der Waals surface area (Å²) in [6.07, 6.45) is 9.19. The molecule has 0 bridgehead atoms. The van der Waals surface area contributed by atoms with Crippen molar-refractivity contribution in [2.24, 2.45) is 0 Å². The number of fused-ring (bicyclic) bond motifs is 1. The third-order valence-corrected chi connectivity index (χ3v) is 4.82. The number of hydrogen-bond acceptors (Lipinski definition) is 3. The molecule has 0 saturated heterocycles. The number of halogens is 2. The van der Waals surface area contributed by atoms with Crippen LogP contribution in [-0.2, 0) is 11.3 Å². The molecule has 1 amide bonds. The number of nitrogens with one attached hydrogen (secondary N) is 1. The number of hydrogen-bond donors (Lipinski definition) is 1. The van der Waals surface area contributed by atoms with Gasteiger partial charge in [-0.3, -0.25) is 14.2 Å². The Labute approximate surface area is 155 Å². The van der Waals surface area contributed by atoms with Crippen molar-refractivity contribution in [2.45, 2.75) is 38.6 Å². The van der Waals surface area contributed by atoms with Gasteiger partial charge in [-0.2, -0.15) is 0 Å². The van der Waals surface area contributed by atoms with Crippen LogP contribution in [0.4, 0.5) is 0 Å². The number of benzene rings is 1. The molecule has 5 nitrogen and oxygen atoms in total. The molecule has 0 fully saturated rings. The second-order valence-corrected chi connectivity index (χ2v) is 7.01. The Bertz CT molecular complexity index is 890. The Morgan fingerprint density at radius 2 is 2.12 bits per heavy atom. The summed E-state index contributed by atoms with van der Waals surface area (Å²) in [4.78, 5) is 28.8. The van der Waals surface area contributed by atoms with Gasteiger partial charge in [-0.1, -0.05) is 34.9 Å². The van der Waals surface area contributed by atoms with Crippen molar-refractivity contribution in [3.8, 4) is 0 Å². The van der Waals surface area contributed by atoms with Crippen LogP contribution in [0.5, 0.6) is 0 Å². The zero-order valence-electron chi connectivity index (χ0n) is 13.7. The molecule has 1 heterocycles. The molecule has 1 aromatic carbocycles. The van der Waals surface area contributed by atoms with E-state index >= 15 is 0 Å². The predicted molar refractivity (Wildman–Crippen MR) is 100 cm³/mol. The Kier molecular flexibility index (Phi) is 5.76.